The fourth-order valence-electron chi connectivity index (χ4n) is 1.66. The fraction of sp³-hybridized carbons (Fsp3) is 0.133. The van der Waals surface area contributed by atoms with E-state index in [4.69, 9.17) is 15.2 Å². The van der Waals surface area contributed by atoms with Gasteiger partial charge in [0.2, 0.25) is 0 Å². The second kappa shape index (κ2) is 6.34. The van der Waals surface area contributed by atoms with Gasteiger partial charge in [0.1, 0.15) is 24.1 Å². The second-order valence-corrected chi connectivity index (χ2v) is 4.16. The molecule has 20 heavy (non-hydrogen) atoms. The number of hydrogen-bond acceptors (Lipinski definition) is 5. The van der Waals surface area contributed by atoms with Crippen LogP contribution in [-0.4, -0.2) is 15.9 Å². The third-order valence-corrected chi connectivity index (χ3v) is 2.75. The van der Waals surface area contributed by atoms with Crippen molar-refractivity contribution in [3.8, 4) is 11.8 Å². The Morgan fingerprint density at radius 2 is 2.25 bits per heavy atom. The molecule has 0 atom stereocenters. The number of rotatable bonds is 4. The third kappa shape index (κ3) is 3.33. The number of ether oxygens (including phenoxy) is 1. The predicted molar refractivity (Wildman–Crippen MR) is 73.7 cm³/mol. The average Bonchev–Trinajstić information content (AvgIpc) is 2.52. The SMILES string of the molecule is CC(=NO)c1cccc(OCc2ccnc(C#N)c2)c1. The Morgan fingerprint density at radius 3 is 3.00 bits per heavy atom. The molecule has 0 aliphatic rings. The molecule has 2 aromatic rings. The topological polar surface area (TPSA) is 78.5 Å². The maximum Gasteiger partial charge on any atom is 0.140 e. The Balaban J connectivity index is 2.09. The number of aromatic nitrogens is 1. The summed E-state index contributed by atoms with van der Waals surface area (Å²) in [5.41, 5.74) is 2.54. The van der Waals surface area contributed by atoms with Crippen LogP contribution in [0.15, 0.2) is 47.8 Å². The molecule has 1 aromatic heterocycles. The molecule has 0 fully saturated rings. The van der Waals surface area contributed by atoms with Crippen molar-refractivity contribution in [1.29, 1.82) is 5.26 Å². The average molecular weight is 267 g/mol. The fourth-order valence-corrected chi connectivity index (χ4v) is 1.66. The van der Waals surface area contributed by atoms with Crippen LogP contribution in [0.25, 0.3) is 0 Å². The molecule has 0 saturated carbocycles. The van der Waals surface area contributed by atoms with Crippen LogP contribution in [0, 0.1) is 11.3 Å². The van der Waals surface area contributed by atoms with Gasteiger partial charge in [-0.2, -0.15) is 5.26 Å². The van der Waals surface area contributed by atoms with Gasteiger partial charge in [-0.15, -0.1) is 0 Å². The highest BCUT2D eigenvalue weighted by Gasteiger charge is 2.02. The van der Waals surface area contributed by atoms with E-state index in [9.17, 15) is 0 Å². The summed E-state index contributed by atoms with van der Waals surface area (Å²) in [6.07, 6.45) is 1.58. The largest absolute Gasteiger partial charge is 0.489 e. The van der Waals surface area contributed by atoms with E-state index in [1.165, 1.54) is 0 Å². The van der Waals surface area contributed by atoms with Gasteiger partial charge in [-0.25, -0.2) is 4.98 Å². The summed E-state index contributed by atoms with van der Waals surface area (Å²) in [5.74, 6) is 0.667. The molecule has 0 spiro atoms. The normalized spacial score (nSPS) is 10.9. The van der Waals surface area contributed by atoms with Crippen LogP contribution in [0.1, 0.15) is 23.7 Å². The van der Waals surface area contributed by atoms with Crippen LogP contribution in [0.2, 0.25) is 0 Å². The quantitative estimate of drug-likeness (QED) is 0.525. The second-order valence-electron chi connectivity index (χ2n) is 4.16. The third-order valence-electron chi connectivity index (χ3n) is 2.75. The van der Waals surface area contributed by atoms with Gasteiger partial charge in [0.05, 0.1) is 5.71 Å². The van der Waals surface area contributed by atoms with Crippen molar-refractivity contribution in [2.75, 3.05) is 0 Å². The first-order chi connectivity index (χ1) is 9.72. The van der Waals surface area contributed by atoms with Crippen molar-refractivity contribution in [3.63, 3.8) is 0 Å². The number of pyridine rings is 1. The highest BCUT2D eigenvalue weighted by Crippen LogP contribution is 2.16. The predicted octanol–water partition coefficient (Wildman–Crippen LogP) is 2.73. The highest BCUT2D eigenvalue weighted by atomic mass is 16.5. The summed E-state index contributed by atoms with van der Waals surface area (Å²) >= 11 is 0. The van der Waals surface area contributed by atoms with Crippen molar-refractivity contribution < 1.29 is 9.94 Å². The molecular formula is C15H13N3O2. The summed E-state index contributed by atoms with van der Waals surface area (Å²) in [6.45, 7) is 2.05. The van der Waals surface area contributed by atoms with Crippen LogP contribution >= 0.6 is 0 Å². The van der Waals surface area contributed by atoms with E-state index in [0.717, 1.165) is 11.1 Å². The first-order valence-electron chi connectivity index (χ1n) is 6.00. The molecule has 0 bridgehead atoms. The van der Waals surface area contributed by atoms with Gasteiger partial charge >= 0.3 is 0 Å². The molecule has 2 rings (SSSR count). The monoisotopic (exact) mass is 267 g/mol. The maximum atomic E-state index is 8.78. The minimum absolute atomic E-state index is 0.343. The lowest BCUT2D eigenvalue weighted by Gasteiger charge is -2.07. The Kier molecular flexibility index (Phi) is 4.30. The van der Waals surface area contributed by atoms with Crippen LogP contribution in [0.4, 0.5) is 0 Å². The van der Waals surface area contributed by atoms with E-state index in [1.54, 1.807) is 31.3 Å². The first-order valence-corrected chi connectivity index (χ1v) is 6.00. The van der Waals surface area contributed by atoms with Crippen molar-refractivity contribution in [2.24, 2.45) is 5.16 Å². The molecule has 5 nitrogen and oxygen atoms in total. The van der Waals surface area contributed by atoms with Gasteiger partial charge in [-0.3, -0.25) is 0 Å². The van der Waals surface area contributed by atoms with Crippen LogP contribution < -0.4 is 4.74 Å². The van der Waals surface area contributed by atoms with E-state index >= 15 is 0 Å². The maximum absolute atomic E-state index is 8.78. The number of benzene rings is 1. The molecule has 0 amide bonds. The van der Waals surface area contributed by atoms with E-state index in [0.29, 0.717) is 23.8 Å². The highest BCUT2D eigenvalue weighted by molar-refractivity contribution is 5.98. The Morgan fingerprint density at radius 1 is 1.40 bits per heavy atom. The van der Waals surface area contributed by atoms with Crippen molar-refractivity contribution >= 4 is 5.71 Å². The number of nitrogens with zero attached hydrogens (tertiary/aromatic N) is 3. The van der Waals surface area contributed by atoms with Crippen LogP contribution in [-0.2, 0) is 6.61 Å². The van der Waals surface area contributed by atoms with Gasteiger partial charge in [-0.05, 0) is 36.8 Å². The zero-order valence-electron chi connectivity index (χ0n) is 10.9. The lowest BCUT2D eigenvalue weighted by molar-refractivity contribution is 0.306. The molecule has 0 unspecified atom stereocenters. The lowest BCUT2D eigenvalue weighted by atomic mass is 10.1. The zero-order chi connectivity index (χ0) is 14.4. The van der Waals surface area contributed by atoms with E-state index < -0.39 is 0 Å². The summed E-state index contributed by atoms with van der Waals surface area (Å²) in [7, 11) is 0. The Bertz CT molecular complexity index is 675. The molecule has 0 aliphatic heterocycles. The molecule has 0 aliphatic carbocycles. The summed E-state index contributed by atoms with van der Waals surface area (Å²) in [6, 6.07) is 12.7. The van der Waals surface area contributed by atoms with Crippen molar-refractivity contribution in [1.82, 2.24) is 4.98 Å². The molecule has 5 heteroatoms. The molecule has 1 aromatic carbocycles. The molecular weight excluding hydrogens is 254 g/mol. The van der Waals surface area contributed by atoms with E-state index in [-0.39, 0.29) is 0 Å². The van der Waals surface area contributed by atoms with E-state index in [2.05, 4.69) is 10.1 Å². The standard InChI is InChI=1S/C15H13N3O2/c1-11(18-19)13-3-2-4-15(8-13)20-10-12-5-6-17-14(7-12)9-16/h2-8,19H,10H2,1H3. The Labute approximate surface area is 116 Å². The molecule has 0 radical (unpaired) electrons. The van der Waals surface area contributed by atoms with Gasteiger partial charge in [0.15, 0.2) is 0 Å². The molecule has 100 valence electrons. The van der Waals surface area contributed by atoms with Gasteiger partial charge < -0.3 is 9.94 Å². The summed E-state index contributed by atoms with van der Waals surface area (Å²) < 4.78 is 5.65. The lowest BCUT2D eigenvalue weighted by Crippen LogP contribution is -1.99. The van der Waals surface area contributed by atoms with Crippen molar-refractivity contribution in [3.05, 3.63) is 59.4 Å². The minimum Gasteiger partial charge on any atom is -0.489 e. The van der Waals surface area contributed by atoms with Crippen LogP contribution in [0.3, 0.4) is 0 Å². The first kappa shape index (κ1) is 13.6. The van der Waals surface area contributed by atoms with E-state index in [1.807, 2.05) is 24.3 Å². The van der Waals surface area contributed by atoms with Crippen molar-refractivity contribution in [2.45, 2.75) is 13.5 Å². The minimum atomic E-state index is 0.343. The summed E-state index contributed by atoms with van der Waals surface area (Å²) in [5, 5.41) is 20.7. The number of hydrogen-bond donors (Lipinski definition) is 1. The van der Waals surface area contributed by atoms with Gasteiger partial charge in [0.25, 0.3) is 0 Å². The molecule has 1 heterocycles. The molecule has 1 N–H and O–H groups in total. The van der Waals surface area contributed by atoms with Gasteiger partial charge in [0, 0.05) is 11.8 Å². The van der Waals surface area contributed by atoms with Crippen LogP contribution in [0.5, 0.6) is 5.75 Å². The smallest absolute Gasteiger partial charge is 0.140 e. The zero-order valence-corrected chi connectivity index (χ0v) is 10.9. The van der Waals surface area contributed by atoms with Gasteiger partial charge in [-0.1, -0.05) is 17.3 Å². The number of nitriles is 1. The summed E-state index contributed by atoms with van der Waals surface area (Å²) in [4.78, 5) is 3.90. The molecule has 0 saturated heterocycles. The Hall–Kier alpha value is -2.87. The number of oxime groups is 1.